The van der Waals surface area contributed by atoms with Crippen LogP contribution in [0.1, 0.15) is 200 Å². The van der Waals surface area contributed by atoms with Gasteiger partial charge in [0.25, 0.3) is 0 Å². The fourth-order valence-electron chi connectivity index (χ4n) is 8.87. The Bertz CT molecular complexity index is 1340. The zero-order valence-electron chi connectivity index (χ0n) is 42.8. The largest absolute Gasteiger partial charge is 0.394 e. The molecule has 0 aromatic heterocycles. The van der Waals surface area contributed by atoms with Gasteiger partial charge >= 0.3 is 0 Å². The zero-order valence-corrected chi connectivity index (χ0v) is 42.8. The van der Waals surface area contributed by atoms with Crippen molar-refractivity contribution in [3.63, 3.8) is 0 Å². The summed E-state index contributed by atoms with van der Waals surface area (Å²) in [5.41, 5.74) is 0. The monoisotopic (exact) mass is 982 g/mol. The van der Waals surface area contributed by atoms with E-state index in [-0.39, 0.29) is 12.5 Å². The summed E-state index contributed by atoms with van der Waals surface area (Å²) < 4.78 is 22.7. The molecule has 2 aliphatic rings. The van der Waals surface area contributed by atoms with Crippen LogP contribution in [0.25, 0.3) is 0 Å². The molecule has 2 fully saturated rings. The molecule has 9 N–H and O–H groups in total. The lowest BCUT2D eigenvalue weighted by molar-refractivity contribution is -0.359. The number of hydrogen-bond donors (Lipinski definition) is 9. The summed E-state index contributed by atoms with van der Waals surface area (Å²) in [7, 11) is 0. The van der Waals surface area contributed by atoms with Crippen LogP contribution in [0, 0.1) is 0 Å². The van der Waals surface area contributed by atoms with E-state index >= 15 is 0 Å². The van der Waals surface area contributed by atoms with Crippen LogP contribution in [-0.4, -0.2) is 140 Å². The molecule has 0 spiro atoms. The number of carbonyl (C=O) groups excluding carboxylic acids is 1. The number of carbonyl (C=O) groups is 1. The molecule has 0 aromatic rings. The van der Waals surface area contributed by atoms with Gasteiger partial charge in [0.2, 0.25) is 5.91 Å². The Morgan fingerprint density at radius 2 is 1.00 bits per heavy atom. The molecule has 2 saturated heterocycles. The van der Waals surface area contributed by atoms with Crippen molar-refractivity contribution in [3.05, 3.63) is 48.6 Å². The molecule has 1 amide bonds. The van der Waals surface area contributed by atoms with Gasteiger partial charge in [0.15, 0.2) is 12.6 Å². The predicted molar refractivity (Wildman–Crippen MR) is 272 cm³/mol. The van der Waals surface area contributed by atoms with Crippen molar-refractivity contribution in [1.29, 1.82) is 0 Å². The third-order valence-electron chi connectivity index (χ3n) is 13.3. The Balaban J connectivity index is 1.71. The standard InChI is InChI=1S/C55H99NO13/c1-3-5-7-9-11-13-15-16-17-18-19-20-21-22-23-24-25-26-27-28-29-31-33-35-37-39-47(60)56-43(44(59)38-36-34-32-30-14-12-10-8-6-4-2)42-66-54-52(65)50(63)53(46(41-58)68-54)69-55-51(64)49(62)48(61)45(40-57)67-55/h5,7,11,13,16-17,19-20,43-46,48-55,57-59,61-65H,3-4,6,8-10,12,14-15,18,21-42H2,1-2H3,(H,56,60)/b7-5-,13-11-,17-16-,20-19-. The van der Waals surface area contributed by atoms with E-state index in [4.69, 9.17) is 18.9 Å². The quantitative estimate of drug-likeness (QED) is 0.0209. The first-order valence-corrected chi connectivity index (χ1v) is 27.4. The number of allylic oxidation sites excluding steroid dienone is 8. The average molecular weight is 982 g/mol. The second kappa shape index (κ2) is 41.4. The van der Waals surface area contributed by atoms with E-state index < -0.39 is 86.8 Å². The number of ether oxygens (including phenoxy) is 4. The van der Waals surface area contributed by atoms with Crippen molar-refractivity contribution >= 4 is 5.91 Å². The van der Waals surface area contributed by atoms with Gasteiger partial charge in [-0.25, -0.2) is 0 Å². The highest BCUT2D eigenvalue weighted by Gasteiger charge is 2.51. The van der Waals surface area contributed by atoms with Crippen LogP contribution in [0.5, 0.6) is 0 Å². The van der Waals surface area contributed by atoms with Gasteiger partial charge in [0.05, 0.1) is 32.0 Å². The number of hydrogen-bond acceptors (Lipinski definition) is 13. The Hall–Kier alpha value is -2.05. The fraction of sp³-hybridized carbons (Fsp3) is 0.836. The van der Waals surface area contributed by atoms with Crippen molar-refractivity contribution < 1.29 is 64.6 Å². The van der Waals surface area contributed by atoms with Crippen LogP contribution < -0.4 is 5.32 Å². The normalized spacial score (nSPS) is 26.5. The molecular formula is C55H99NO13. The van der Waals surface area contributed by atoms with Gasteiger partial charge < -0.3 is 65.1 Å². The van der Waals surface area contributed by atoms with Crippen LogP contribution in [0.3, 0.4) is 0 Å². The Kier molecular flexibility index (Phi) is 37.9. The first-order valence-electron chi connectivity index (χ1n) is 27.4. The molecule has 0 radical (unpaired) electrons. The molecular weight excluding hydrogens is 883 g/mol. The molecule has 0 saturated carbocycles. The first kappa shape index (κ1) is 63.1. The highest BCUT2D eigenvalue weighted by Crippen LogP contribution is 2.30. The number of unbranched alkanes of at least 4 members (excludes halogenated alkanes) is 21. The van der Waals surface area contributed by atoms with E-state index in [0.717, 1.165) is 83.5 Å². The Morgan fingerprint density at radius 3 is 1.54 bits per heavy atom. The summed E-state index contributed by atoms with van der Waals surface area (Å²) in [6.07, 6.45) is 32.7. The summed E-state index contributed by atoms with van der Waals surface area (Å²) in [5, 5.41) is 86.9. The van der Waals surface area contributed by atoms with Crippen LogP contribution in [-0.2, 0) is 23.7 Å². The maximum absolute atomic E-state index is 13.2. The Labute approximate surface area is 416 Å². The summed E-state index contributed by atoms with van der Waals surface area (Å²) >= 11 is 0. The number of aliphatic hydroxyl groups excluding tert-OH is 8. The smallest absolute Gasteiger partial charge is 0.220 e. The molecule has 2 heterocycles. The van der Waals surface area contributed by atoms with Crippen molar-refractivity contribution in [2.45, 2.75) is 274 Å². The second-order valence-electron chi connectivity index (χ2n) is 19.3. The summed E-state index contributed by atoms with van der Waals surface area (Å²) in [4.78, 5) is 13.2. The molecule has 2 rings (SSSR count). The molecule has 0 aromatic carbocycles. The number of rotatable bonds is 42. The van der Waals surface area contributed by atoms with Crippen molar-refractivity contribution in [2.75, 3.05) is 19.8 Å². The van der Waals surface area contributed by atoms with Gasteiger partial charge in [-0.15, -0.1) is 0 Å². The fourth-order valence-corrected chi connectivity index (χ4v) is 8.87. The van der Waals surface area contributed by atoms with Crippen LogP contribution in [0.2, 0.25) is 0 Å². The van der Waals surface area contributed by atoms with E-state index in [0.29, 0.717) is 12.8 Å². The molecule has 69 heavy (non-hydrogen) atoms. The number of aliphatic hydroxyl groups is 8. The topological polar surface area (TPSA) is 228 Å². The predicted octanol–water partition coefficient (Wildman–Crippen LogP) is 8.05. The molecule has 402 valence electrons. The third kappa shape index (κ3) is 28.1. The molecule has 0 bridgehead atoms. The SMILES string of the molecule is CC/C=C\C/C=C\C/C=C\C/C=C\CCCCCCCCCCCCCCC(=O)NC(COC1OC(CO)C(OC2OC(CO)C(O)C(O)C2O)C(O)C1O)C(O)CCCCCCCCCCCC. The lowest BCUT2D eigenvalue weighted by atomic mass is 9.97. The van der Waals surface area contributed by atoms with Gasteiger partial charge in [-0.3, -0.25) is 4.79 Å². The van der Waals surface area contributed by atoms with Crippen LogP contribution in [0.15, 0.2) is 48.6 Å². The van der Waals surface area contributed by atoms with Gasteiger partial charge in [-0.1, -0.05) is 191 Å². The zero-order chi connectivity index (χ0) is 50.3. The van der Waals surface area contributed by atoms with Crippen molar-refractivity contribution in [2.24, 2.45) is 0 Å². The van der Waals surface area contributed by atoms with E-state index in [1.165, 1.54) is 89.9 Å². The van der Waals surface area contributed by atoms with E-state index in [2.05, 4.69) is 67.8 Å². The van der Waals surface area contributed by atoms with E-state index in [1.54, 1.807) is 0 Å². The van der Waals surface area contributed by atoms with Crippen LogP contribution in [0.4, 0.5) is 0 Å². The second-order valence-corrected chi connectivity index (χ2v) is 19.3. The number of nitrogens with one attached hydrogen (secondary N) is 1. The molecule has 0 aliphatic carbocycles. The molecule has 12 atom stereocenters. The van der Waals surface area contributed by atoms with Gasteiger partial charge in [0, 0.05) is 6.42 Å². The minimum atomic E-state index is -1.78. The first-order chi connectivity index (χ1) is 33.6. The average Bonchev–Trinajstić information content (AvgIpc) is 3.35. The maximum Gasteiger partial charge on any atom is 0.220 e. The summed E-state index contributed by atoms with van der Waals surface area (Å²) in [6.45, 7) is 2.71. The molecule has 12 unspecified atom stereocenters. The molecule has 2 aliphatic heterocycles. The van der Waals surface area contributed by atoms with E-state index in [1.807, 2.05) is 0 Å². The van der Waals surface area contributed by atoms with Gasteiger partial charge in [0.1, 0.15) is 48.8 Å². The molecule has 14 nitrogen and oxygen atoms in total. The van der Waals surface area contributed by atoms with Crippen LogP contribution >= 0.6 is 0 Å². The minimum absolute atomic E-state index is 0.212. The van der Waals surface area contributed by atoms with Crippen molar-refractivity contribution in [3.8, 4) is 0 Å². The summed E-state index contributed by atoms with van der Waals surface area (Å²) in [6, 6.07) is -0.829. The highest BCUT2D eigenvalue weighted by molar-refractivity contribution is 5.76. The van der Waals surface area contributed by atoms with Gasteiger partial charge in [-0.2, -0.15) is 0 Å². The highest BCUT2D eigenvalue weighted by atomic mass is 16.7. The Morgan fingerprint density at radius 1 is 0.536 bits per heavy atom. The molecule has 14 heteroatoms. The lowest BCUT2D eigenvalue weighted by Gasteiger charge is -2.46. The van der Waals surface area contributed by atoms with Crippen molar-refractivity contribution in [1.82, 2.24) is 5.32 Å². The summed E-state index contributed by atoms with van der Waals surface area (Å²) in [5.74, 6) is -0.212. The lowest BCUT2D eigenvalue weighted by Crippen LogP contribution is -2.65. The minimum Gasteiger partial charge on any atom is -0.394 e. The van der Waals surface area contributed by atoms with Gasteiger partial charge in [-0.05, 0) is 51.4 Å². The maximum atomic E-state index is 13.2. The number of amides is 1. The third-order valence-corrected chi connectivity index (χ3v) is 13.3. The van der Waals surface area contributed by atoms with E-state index in [9.17, 15) is 45.6 Å².